The predicted molar refractivity (Wildman–Crippen MR) is 85.1 cm³/mol. The van der Waals surface area contributed by atoms with Gasteiger partial charge >= 0.3 is 0 Å². The molecular weight excluding hydrogens is 246 g/mol. The summed E-state index contributed by atoms with van der Waals surface area (Å²) in [7, 11) is 1.97. The predicted octanol–water partition coefficient (Wildman–Crippen LogP) is 3.19. The summed E-state index contributed by atoms with van der Waals surface area (Å²) in [5.41, 5.74) is 1.12. The van der Waals surface area contributed by atoms with E-state index in [9.17, 15) is 0 Å². The first kappa shape index (κ1) is 13.4. The van der Waals surface area contributed by atoms with E-state index in [1.54, 1.807) is 0 Å². The highest BCUT2D eigenvalue weighted by Crippen LogP contribution is 2.29. The second-order valence-corrected chi connectivity index (χ2v) is 5.88. The van der Waals surface area contributed by atoms with Crippen LogP contribution in [0.15, 0.2) is 30.3 Å². The van der Waals surface area contributed by atoms with E-state index in [0.717, 1.165) is 31.2 Å². The number of nitrogens with one attached hydrogen (secondary N) is 1. The molecule has 1 aromatic carbocycles. The van der Waals surface area contributed by atoms with Gasteiger partial charge in [0.05, 0.1) is 5.69 Å². The van der Waals surface area contributed by atoms with E-state index in [1.165, 1.54) is 29.4 Å². The molecule has 1 unspecified atom stereocenters. The molecule has 1 aliphatic heterocycles. The molecular formula is C17H23N3. The Morgan fingerprint density at radius 2 is 2.20 bits per heavy atom. The fourth-order valence-corrected chi connectivity index (χ4v) is 3.13. The van der Waals surface area contributed by atoms with Gasteiger partial charge in [0, 0.05) is 25.0 Å². The molecule has 3 heteroatoms. The molecule has 0 radical (unpaired) electrons. The van der Waals surface area contributed by atoms with E-state index in [4.69, 9.17) is 4.98 Å². The highest BCUT2D eigenvalue weighted by molar-refractivity contribution is 5.92. The number of nitrogens with zero attached hydrogens (tertiary/aromatic N) is 2. The number of fused-ring (bicyclic) bond motifs is 1. The number of benzene rings is 1. The average molecular weight is 269 g/mol. The van der Waals surface area contributed by atoms with Gasteiger partial charge in [-0.25, -0.2) is 4.98 Å². The molecule has 1 atom stereocenters. The van der Waals surface area contributed by atoms with E-state index in [2.05, 4.69) is 47.5 Å². The van der Waals surface area contributed by atoms with E-state index >= 15 is 0 Å². The summed E-state index contributed by atoms with van der Waals surface area (Å²) in [5.74, 6) is 1.93. The van der Waals surface area contributed by atoms with Gasteiger partial charge in [-0.2, -0.15) is 0 Å². The molecule has 1 fully saturated rings. The second-order valence-electron chi connectivity index (χ2n) is 5.88. The third-order valence-corrected chi connectivity index (χ3v) is 4.09. The number of rotatable bonds is 3. The highest BCUT2D eigenvalue weighted by Gasteiger charge is 2.19. The Labute approximate surface area is 121 Å². The first-order valence-corrected chi connectivity index (χ1v) is 7.56. The normalized spacial score (nSPS) is 19.5. The first-order chi connectivity index (χ1) is 9.78. The van der Waals surface area contributed by atoms with Gasteiger partial charge in [0.25, 0.3) is 0 Å². The third kappa shape index (κ3) is 2.63. The Morgan fingerprint density at radius 3 is 3.00 bits per heavy atom. The molecule has 106 valence electrons. The molecule has 3 nitrogen and oxygen atoms in total. The Bertz CT molecular complexity index is 594. The number of hydrogen-bond donors (Lipinski definition) is 1. The van der Waals surface area contributed by atoms with Crippen LogP contribution in [-0.4, -0.2) is 25.1 Å². The van der Waals surface area contributed by atoms with Gasteiger partial charge in [0.2, 0.25) is 0 Å². The largest absolute Gasteiger partial charge is 0.356 e. The second kappa shape index (κ2) is 5.80. The molecule has 1 aliphatic rings. The molecule has 3 rings (SSSR count). The summed E-state index contributed by atoms with van der Waals surface area (Å²) >= 11 is 0. The van der Waals surface area contributed by atoms with Crippen LogP contribution in [0.25, 0.3) is 10.8 Å². The summed E-state index contributed by atoms with van der Waals surface area (Å²) in [6.45, 7) is 5.41. The van der Waals surface area contributed by atoms with Gasteiger partial charge in [-0.05, 0) is 37.3 Å². The quantitative estimate of drug-likeness (QED) is 0.927. The van der Waals surface area contributed by atoms with E-state index in [0.29, 0.717) is 0 Å². The molecule has 0 saturated carbocycles. The van der Waals surface area contributed by atoms with Crippen LogP contribution in [0.5, 0.6) is 0 Å². The lowest BCUT2D eigenvalue weighted by Crippen LogP contribution is -2.35. The van der Waals surface area contributed by atoms with Crippen molar-refractivity contribution in [1.82, 2.24) is 10.3 Å². The van der Waals surface area contributed by atoms with Crippen molar-refractivity contribution in [1.29, 1.82) is 0 Å². The number of aromatic nitrogens is 1. The molecule has 2 heterocycles. The van der Waals surface area contributed by atoms with Crippen LogP contribution in [0.3, 0.4) is 0 Å². The van der Waals surface area contributed by atoms with Crippen molar-refractivity contribution in [3.05, 3.63) is 36.0 Å². The van der Waals surface area contributed by atoms with Gasteiger partial charge in [-0.1, -0.05) is 31.2 Å². The summed E-state index contributed by atoms with van der Waals surface area (Å²) < 4.78 is 0. The number of piperidine rings is 1. The third-order valence-electron chi connectivity index (χ3n) is 4.09. The Hall–Kier alpha value is -1.61. The van der Waals surface area contributed by atoms with Crippen LogP contribution in [0, 0.1) is 5.92 Å². The molecule has 1 saturated heterocycles. The molecule has 1 aromatic heterocycles. The van der Waals surface area contributed by atoms with Crippen molar-refractivity contribution in [2.24, 2.45) is 5.92 Å². The van der Waals surface area contributed by atoms with Crippen molar-refractivity contribution in [3.63, 3.8) is 0 Å². The van der Waals surface area contributed by atoms with Crippen molar-refractivity contribution >= 4 is 16.6 Å². The van der Waals surface area contributed by atoms with Crippen LogP contribution in [0.1, 0.15) is 25.5 Å². The zero-order valence-corrected chi connectivity index (χ0v) is 12.4. The lowest BCUT2D eigenvalue weighted by molar-refractivity contribution is 0.445. The van der Waals surface area contributed by atoms with Gasteiger partial charge < -0.3 is 10.2 Å². The van der Waals surface area contributed by atoms with Crippen molar-refractivity contribution in [3.8, 4) is 0 Å². The van der Waals surface area contributed by atoms with Crippen LogP contribution in [0.4, 0.5) is 5.82 Å². The molecule has 0 spiro atoms. The van der Waals surface area contributed by atoms with Gasteiger partial charge in [-0.15, -0.1) is 0 Å². The minimum atomic E-state index is 0.761. The smallest absolute Gasteiger partial charge is 0.136 e. The fraction of sp³-hybridized carbons (Fsp3) is 0.471. The standard InChI is InChI=1S/C17H23N3/c1-13-6-5-9-20(12-13)17-16-8-4-3-7-14(16)10-15(19-17)11-18-2/h3-4,7-8,10,13,18H,5-6,9,11-12H2,1-2H3. The van der Waals surface area contributed by atoms with Crippen LogP contribution in [-0.2, 0) is 6.54 Å². The lowest BCUT2D eigenvalue weighted by atomic mass is 9.99. The van der Waals surface area contributed by atoms with Crippen LogP contribution < -0.4 is 10.2 Å². The fourth-order valence-electron chi connectivity index (χ4n) is 3.13. The molecule has 0 aliphatic carbocycles. The highest BCUT2D eigenvalue weighted by atomic mass is 15.2. The number of anilines is 1. The molecule has 2 aromatic rings. The first-order valence-electron chi connectivity index (χ1n) is 7.56. The maximum Gasteiger partial charge on any atom is 0.136 e. The van der Waals surface area contributed by atoms with Crippen molar-refractivity contribution < 1.29 is 0 Å². The van der Waals surface area contributed by atoms with E-state index in [-0.39, 0.29) is 0 Å². The summed E-state index contributed by atoms with van der Waals surface area (Å²) in [5, 5.41) is 5.78. The van der Waals surface area contributed by atoms with Crippen LogP contribution in [0.2, 0.25) is 0 Å². The average Bonchev–Trinajstić information content (AvgIpc) is 2.47. The topological polar surface area (TPSA) is 28.2 Å². The minimum Gasteiger partial charge on any atom is -0.356 e. The Balaban J connectivity index is 2.06. The zero-order chi connectivity index (χ0) is 13.9. The molecule has 1 N–H and O–H groups in total. The monoisotopic (exact) mass is 269 g/mol. The van der Waals surface area contributed by atoms with E-state index < -0.39 is 0 Å². The van der Waals surface area contributed by atoms with E-state index in [1.807, 2.05) is 7.05 Å². The van der Waals surface area contributed by atoms with Crippen molar-refractivity contribution in [2.45, 2.75) is 26.3 Å². The minimum absolute atomic E-state index is 0.761. The van der Waals surface area contributed by atoms with Crippen molar-refractivity contribution in [2.75, 3.05) is 25.0 Å². The molecule has 20 heavy (non-hydrogen) atoms. The van der Waals surface area contributed by atoms with Gasteiger partial charge in [0.1, 0.15) is 5.82 Å². The van der Waals surface area contributed by atoms with Gasteiger partial charge in [-0.3, -0.25) is 0 Å². The molecule has 0 bridgehead atoms. The van der Waals surface area contributed by atoms with Crippen LogP contribution >= 0.6 is 0 Å². The Kier molecular flexibility index (Phi) is 3.88. The maximum atomic E-state index is 4.91. The maximum absolute atomic E-state index is 4.91. The number of pyridine rings is 1. The lowest BCUT2D eigenvalue weighted by Gasteiger charge is -2.33. The Morgan fingerprint density at radius 1 is 1.35 bits per heavy atom. The van der Waals surface area contributed by atoms with Gasteiger partial charge in [0.15, 0.2) is 0 Å². The summed E-state index contributed by atoms with van der Waals surface area (Å²) in [4.78, 5) is 7.38. The zero-order valence-electron chi connectivity index (χ0n) is 12.4. The molecule has 0 amide bonds. The summed E-state index contributed by atoms with van der Waals surface area (Å²) in [6.07, 6.45) is 2.61. The number of hydrogen-bond acceptors (Lipinski definition) is 3. The SMILES string of the molecule is CNCc1cc2ccccc2c(N2CCCC(C)C2)n1. The summed E-state index contributed by atoms with van der Waals surface area (Å²) in [6, 6.07) is 10.8.